The molecule has 0 N–H and O–H groups in total. The molecule has 16 heavy (non-hydrogen) atoms. The molecule has 0 atom stereocenters. The minimum atomic E-state index is 0.886. The van der Waals surface area contributed by atoms with Crippen LogP contribution in [0.25, 0.3) is 11.1 Å². The first-order chi connectivity index (χ1) is 7.72. The van der Waals surface area contributed by atoms with Crippen molar-refractivity contribution in [3.63, 3.8) is 0 Å². The molecule has 0 fully saturated rings. The summed E-state index contributed by atoms with van der Waals surface area (Å²) in [6, 6.07) is 14.3. The van der Waals surface area contributed by atoms with Gasteiger partial charge in [0, 0.05) is 4.47 Å². The van der Waals surface area contributed by atoms with Crippen LogP contribution in [0.5, 0.6) is 5.75 Å². The van der Waals surface area contributed by atoms with Gasteiger partial charge in [0.15, 0.2) is 0 Å². The van der Waals surface area contributed by atoms with Crippen LogP contribution in [-0.2, 0) is 0 Å². The van der Waals surface area contributed by atoms with E-state index >= 15 is 0 Å². The first kappa shape index (κ1) is 11.2. The quantitative estimate of drug-likeness (QED) is 0.788. The van der Waals surface area contributed by atoms with Gasteiger partial charge in [0.05, 0.1) is 7.11 Å². The number of aryl methyl sites for hydroxylation is 1. The fraction of sp³-hybridized carbons (Fsp3) is 0.143. The van der Waals surface area contributed by atoms with E-state index in [2.05, 4.69) is 41.1 Å². The lowest BCUT2D eigenvalue weighted by molar-refractivity contribution is 0.415. The Morgan fingerprint density at radius 1 is 1.00 bits per heavy atom. The van der Waals surface area contributed by atoms with Gasteiger partial charge in [-0.25, -0.2) is 0 Å². The van der Waals surface area contributed by atoms with E-state index in [0.717, 1.165) is 10.2 Å². The highest BCUT2D eigenvalue weighted by Gasteiger charge is 2.06. The molecule has 0 amide bonds. The number of ether oxygens (including phenoxy) is 1. The molecule has 0 bridgehead atoms. The number of hydrogen-bond acceptors (Lipinski definition) is 1. The van der Waals surface area contributed by atoms with Gasteiger partial charge in [0.2, 0.25) is 0 Å². The van der Waals surface area contributed by atoms with Crippen LogP contribution in [0.15, 0.2) is 46.9 Å². The van der Waals surface area contributed by atoms with Crippen LogP contribution in [0.2, 0.25) is 0 Å². The zero-order valence-electron chi connectivity index (χ0n) is 9.33. The number of halogens is 1. The van der Waals surface area contributed by atoms with Crippen molar-refractivity contribution < 1.29 is 4.74 Å². The van der Waals surface area contributed by atoms with Crippen molar-refractivity contribution in [3.05, 3.63) is 52.5 Å². The van der Waals surface area contributed by atoms with E-state index in [-0.39, 0.29) is 0 Å². The molecule has 0 aliphatic carbocycles. The van der Waals surface area contributed by atoms with E-state index in [1.807, 2.05) is 24.3 Å². The molecule has 2 aromatic carbocycles. The van der Waals surface area contributed by atoms with Crippen LogP contribution in [0.1, 0.15) is 5.56 Å². The fourth-order valence-electron chi connectivity index (χ4n) is 1.70. The maximum Gasteiger partial charge on any atom is 0.119 e. The molecule has 0 heterocycles. The predicted molar refractivity (Wildman–Crippen MR) is 70.9 cm³/mol. The van der Waals surface area contributed by atoms with Crippen LogP contribution >= 0.6 is 15.9 Å². The molecule has 1 nitrogen and oxygen atoms in total. The van der Waals surface area contributed by atoms with Crippen LogP contribution in [0.3, 0.4) is 0 Å². The molecule has 0 radical (unpaired) electrons. The topological polar surface area (TPSA) is 9.23 Å². The number of hydrogen-bond donors (Lipinski definition) is 0. The molecule has 2 aromatic rings. The standard InChI is InChI=1S/C14H13BrO/c1-10-7-8-11(16-2)9-13(10)12-5-3-4-6-14(12)15/h3-9H,1-2H3. The summed E-state index contributed by atoms with van der Waals surface area (Å²) in [6.07, 6.45) is 0. The lowest BCUT2D eigenvalue weighted by atomic mass is 10.0. The molecule has 82 valence electrons. The Labute approximate surface area is 104 Å². The van der Waals surface area contributed by atoms with E-state index in [1.54, 1.807) is 7.11 Å². The highest BCUT2D eigenvalue weighted by Crippen LogP contribution is 2.32. The van der Waals surface area contributed by atoms with Gasteiger partial charge >= 0.3 is 0 Å². The van der Waals surface area contributed by atoms with E-state index < -0.39 is 0 Å². The van der Waals surface area contributed by atoms with Crippen molar-refractivity contribution in [1.82, 2.24) is 0 Å². The SMILES string of the molecule is COc1ccc(C)c(-c2ccccc2Br)c1. The minimum absolute atomic E-state index is 0.886. The van der Waals surface area contributed by atoms with Gasteiger partial charge in [-0.1, -0.05) is 40.2 Å². The summed E-state index contributed by atoms with van der Waals surface area (Å²) < 4.78 is 6.36. The van der Waals surface area contributed by atoms with Crippen LogP contribution in [0, 0.1) is 6.92 Å². The lowest BCUT2D eigenvalue weighted by Crippen LogP contribution is -1.88. The zero-order valence-corrected chi connectivity index (χ0v) is 10.9. The Bertz CT molecular complexity index is 506. The average molecular weight is 277 g/mol. The highest BCUT2D eigenvalue weighted by molar-refractivity contribution is 9.10. The molecule has 0 aromatic heterocycles. The van der Waals surface area contributed by atoms with Crippen molar-refractivity contribution >= 4 is 15.9 Å². The normalized spacial score (nSPS) is 10.2. The second-order valence-corrected chi connectivity index (χ2v) is 4.52. The maximum absolute atomic E-state index is 5.26. The lowest BCUT2D eigenvalue weighted by Gasteiger charge is -2.10. The predicted octanol–water partition coefficient (Wildman–Crippen LogP) is 4.43. The van der Waals surface area contributed by atoms with Gasteiger partial charge in [-0.05, 0) is 41.8 Å². The highest BCUT2D eigenvalue weighted by atomic mass is 79.9. The Balaban J connectivity index is 2.59. The van der Waals surface area contributed by atoms with Crippen molar-refractivity contribution in [2.75, 3.05) is 7.11 Å². The second kappa shape index (κ2) is 4.71. The monoisotopic (exact) mass is 276 g/mol. The van der Waals surface area contributed by atoms with Crippen molar-refractivity contribution in [2.24, 2.45) is 0 Å². The van der Waals surface area contributed by atoms with Gasteiger partial charge in [-0.3, -0.25) is 0 Å². The Kier molecular flexibility index (Phi) is 3.30. The van der Waals surface area contributed by atoms with E-state index in [0.29, 0.717) is 0 Å². The molecule has 0 aliphatic heterocycles. The van der Waals surface area contributed by atoms with E-state index in [1.165, 1.54) is 16.7 Å². The summed E-state index contributed by atoms with van der Waals surface area (Å²) in [6.45, 7) is 2.11. The Morgan fingerprint density at radius 3 is 2.44 bits per heavy atom. The molecular weight excluding hydrogens is 264 g/mol. The van der Waals surface area contributed by atoms with E-state index in [4.69, 9.17) is 4.74 Å². The van der Waals surface area contributed by atoms with Crippen LogP contribution < -0.4 is 4.74 Å². The maximum atomic E-state index is 5.26. The molecule has 0 saturated heterocycles. The average Bonchev–Trinajstić information content (AvgIpc) is 2.31. The fourth-order valence-corrected chi connectivity index (χ4v) is 2.20. The first-order valence-corrected chi connectivity index (χ1v) is 5.91. The van der Waals surface area contributed by atoms with Crippen molar-refractivity contribution in [3.8, 4) is 16.9 Å². The minimum Gasteiger partial charge on any atom is -0.497 e. The third kappa shape index (κ3) is 2.12. The van der Waals surface area contributed by atoms with Gasteiger partial charge in [-0.2, -0.15) is 0 Å². The third-order valence-electron chi connectivity index (χ3n) is 2.61. The van der Waals surface area contributed by atoms with Gasteiger partial charge in [0.25, 0.3) is 0 Å². The summed E-state index contributed by atoms with van der Waals surface area (Å²) >= 11 is 3.57. The third-order valence-corrected chi connectivity index (χ3v) is 3.30. The second-order valence-electron chi connectivity index (χ2n) is 3.66. The molecular formula is C14H13BrO. The van der Waals surface area contributed by atoms with Gasteiger partial charge in [-0.15, -0.1) is 0 Å². The molecule has 0 spiro atoms. The summed E-state index contributed by atoms with van der Waals surface area (Å²) in [5.41, 5.74) is 3.64. The largest absolute Gasteiger partial charge is 0.497 e. The van der Waals surface area contributed by atoms with Gasteiger partial charge < -0.3 is 4.74 Å². The van der Waals surface area contributed by atoms with E-state index in [9.17, 15) is 0 Å². The summed E-state index contributed by atoms with van der Waals surface area (Å²) in [5, 5.41) is 0. The van der Waals surface area contributed by atoms with Crippen LogP contribution in [-0.4, -0.2) is 7.11 Å². The molecule has 2 heteroatoms. The first-order valence-electron chi connectivity index (χ1n) is 5.12. The Hall–Kier alpha value is -1.28. The molecule has 0 unspecified atom stereocenters. The summed E-state index contributed by atoms with van der Waals surface area (Å²) in [4.78, 5) is 0. The van der Waals surface area contributed by atoms with Crippen molar-refractivity contribution in [1.29, 1.82) is 0 Å². The molecule has 2 rings (SSSR count). The smallest absolute Gasteiger partial charge is 0.119 e. The van der Waals surface area contributed by atoms with Crippen molar-refractivity contribution in [2.45, 2.75) is 6.92 Å². The van der Waals surface area contributed by atoms with Crippen LogP contribution in [0.4, 0.5) is 0 Å². The molecule has 0 aliphatic rings. The molecule has 0 saturated carbocycles. The number of rotatable bonds is 2. The zero-order chi connectivity index (χ0) is 11.5. The Morgan fingerprint density at radius 2 is 1.75 bits per heavy atom. The summed E-state index contributed by atoms with van der Waals surface area (Å²) in [7, 11) is 1.69. The number of benzene rings is 2. The van der Waals surface area contributed by atoms with Gasteiger partial charge in [0.1, 0.15) is 5.75 Å². The number of methoxy groups -OCH3 is 1. The summed E-state index contributed by atoms with van der Waals surface area (Å²) in [5.74, 6) is 0.886.